The summed E-state index contributed by atoms with van der Waals surface area (Å²) in [5.74, 6) is 0.157. The summed E-state index contributed by atoms with van der Waals surface area (Å²) in [5, 5.41) is 3.99. The van der Waals surface area contributed by atoms with Crippen molar-refractivity contribution in [1.82, 2.24) is 5.32 Å². The number of hydrogen-bond acceptors (Lipinski definition) is 2. The highest BCUT2D eigenvalue weighted by atomic mass is 35.5. The lowest BCUT2D eigenvalue weighted by molar-refractivity contribution is -0.116. The van der Waals surface area contributed by atoms with Crippen LogP contribution in [-0.4, -0.2) is 17.9 Å². The summed E-state index contributed by atoms with van der Waals surface area (Å²) in [7, 11) is 0. The number of carbonyl (C=O) groups is 1. The van der Waals surface area contributed by atoms with Crippen LogP contribution in [0, 0.1) is 0 Å². The largest absolute Gasteiger partial charge is 0.305 e. The lowest BCUT2D eigenvalue weighted by atomic mass is 9.95. The molecule has 88 valence electrons. The van der Waals surface area contributed by atoms with Crippen molar-refractivity contribution in [2.45, 2.75) is 32.7 Å². The second-order valence-corrected chi connectivity index (χ2v) is 5.18. The molecule has 0 aliphatic heterocycles. The summed E-state index contributed by atoms with van der Waals surface area (Å²) >= 11 is 5.83. The Labute approximate surface area is 102 Å². The van der Waals surface area contributed by atoms with Gasteiger partial charge in [0.1, 0.15) is 5.78 Å². The molecule has 16 heavy (non-hydrogen) atoms. The molecule has 0 unspecified atom stereocenters. The maximum absolute atomic E-state index is 10.9. The van der Waals surface area contributed by atoms with Crippen LogP contribution in [0.15, 0.2) is 24.3 Å². The highest BCUT2D eigenvalue weighted by Crippen LogP contribution is 2.15. The van der Waals surface area contributed by atoms with E-state index >= 15 is 0 Å². The molecule has 0 radical (unpaired) electrons. The quantitative estimate of drug-likeness (QED) is 0.856. The Kier molecular flexibility index (Phi) is 4.51. The molecule has 0 saturated carbocycles. The molecular formula is C13H18ClNO. The zero-order valence-electron chi connectivity index (χ0n) is 10.0. The molecule has 0 saturated heterocycles. The standard InChI is InChI=1S/C13H18ClNO/c1-10(16)9-15-13(2,3)8-11-4-6-12(14)7-5-11/h4-7,15H,8-9H2,1-3H3. The molecule has 0 fully saturated rings. The Hall–Kier alpha value is -0.860. The lowest BCUT2D eigenvalue weighted by Crippen LogP contribution is -2.43. The molecule has 0 amide bonds. The van der Waals surface area contributed by atoms with Crippen molar-refractivity contribution >= 4 is 17.4 Å². The fourth-order valence-corrected chi connectivity index (χ4v) is 1.66. The van der Waals surface area contributed by atoms with Gasteiger partial charge < -0.3 is 5.32 Å². The molecule has 1 aromatic rings. The number of hydrogen-bond donors (Lipinski definition) is 1. The fourth-order valence-electron chi connectivity index (χ4n) is 1.54. The van der Waals surface area contributed by atoms with E-state index < -0.39 is 0 Å². The van der Waals surface area contributed by atoms with Crippen LogP contribution < -0.4 is 5.32 Å². The molecule has 0 aliphatic carbocycles. The van der Waals surface area contributed by atoms with Crippen molar-refractivity contribution in [3.63, 3.8) is 0 Å². The highest BCUT2D eigenvalue weighted by molar-refractivity contribution is 6.30. The van der Waals surface area contributed by atoms with Crippen LogP contribution in [0.4, 0.5) is 0 Å². The molecule has 0 bridgehead atoms. The van der Waals surface area contributed by atoms with E-state index in [-0.39, 0.29) is 11.3 Å². The summed E-state index contributed by atoms with van der Waals surface area (Å²) in [6.45, 7) is 6.18. The maximum atomic E-state index is 10.9. The Morgan fingerprint density at radius 2 is 1.88 bits per heavy atom. The Bertz CT molecular complexity index is 357. The average molecular weight is 240 g/mol. The van der Waals surface area contributed by atoms with Crippen LogP contribution in [0.5, 0.6) is 0 Å². The molecule has 2 nitrogen and oxygen atoms in total. The summed E-state index contributed by atoms with van der Waals surface area (Å²) in [5.41, 5.74) is 1.13. The average Bonchev–Trinajstić information content (AvgIpc) is 2.19. The van der Waals surface area contributed by atoms with E-state index in [1.807, 2.05) is 24.3 Å². The third-order valence-corrected chi connectivity index (χ3v) is 2.63. The van der Waals surface area contributed by atoms with Crippen LogP contribution in [-0.2, 0) is 11.2 Å². The van der Waals surface area contributed by atoms with Crippen molar-refractivity contribution in [3.05, 3.63) is 34.9 Å². The zero-order valence-corrected chi connectivity index (χ0v) is 10.8. The minimum Gasteiger partial charge on any atom is -0.305 e. The van der Waals surface area contributed by atoms with E-state index in [9.17, 15) is 4.79 Å². The van der Waals surface area contributed by atoms with Gasteiger partial charge in [-0.15, -0.1) is 0 Å². The summed E-state index contributed by atoms with van der Waals surface area (Å²) in [4.78, 5) is 10.9. The van der Waals surface area contributed by atoms with Crippen LogP contribution in [0.25, 0.3) is 0 Å². The predicted molar refractivity (Wildman–Crippen MR) is 67.9 cm³/mol. The summed E-state index contributed by atoms with van der Waals surface area (Å²) < 4.78 is 0. The smallest absolute Gasteiger partial charge is 0.143 e. The van der Waals surface area contributed by atoms with Crippen molar-refractivity contribution in [1.29, 1.82) is 0 Å². The maximum Gasteiger partial charge on any atom is 0.143 e. The third kappa shape index (κ3) is 4.77. The lowest BCUT2D eigenvalue weighted by Gasteiger charge is -2.26. The third-order valence-electron chi connectivity index (χ3n) is 2.38. The van der Waals surface area contributed by atoms with Gasteiger partial charge in [-0.25, -0.2) is 0 Å². The topological polar surface area (TPSA) is 29.1 Å². The van der Waals surface area contributed by atoms with E-state index in [2.05, 4.69) is 19.2 Å². The Morgan fingerprint density at radius 3 is 2.38 bits per heavy atom. The number of benzene rings is 1. The van der Waals surface area contributed by atoms with Crippen LogP contribution in [0.2, 0.25) is 5.02 Å². The molecule has 3 heteroatoms. The van der Waals surface area contributed by atoms with Gasteiger partial charge in [-0.3, -0.25) is 4.79 Å². The van der Waals surface area contributed by atoms with E-state index in [1.165, 1.54) is 5.56 Å². The SMILES string of the molecule is CC(=O)CNC(C)(C)Cc1ccc(Cl)cc1. The molecule has 0 aliphatic rings. The van der Waals surface area contributed by atoms with Gasteiger partial charge in [0.05, 0.1) is 6.54 Å². The summed E-state index contributed by atoms with van der Waals surface area (Å²) in [6, 6.07) is 7.80. The van der Waals surface area contributed by atoms with E-state index in [4.69, 9.17) is 11.6 Å². The predicted octanol–water partition coefficient (Wildman–Crippen LogP) is 2.84. The van der Waals surface area contributed by atoms with Crippen LogP contribution >= 0.6 is 11.6 Å². The number of ketones is 1. The number of halogens is 1. The second-order valence-electron chi connectivity index (χ2n) is 4.74. The fraction of sp³-hybridized carbons (Fsp3) is 0.462. The molecule has 0 aromatic heterocycles. The molecule has 1 rings (SSSR count). The van der Waals surface area contributed by atoms with Crippen molar-refractivity contribution in [2.75, 3.05) is 6.54 Å². The highest BCUT2D eigenvalue weighted by Gasteiger charge is 2.17. The van der Waals surface area contributed by atoms with Gasteiger partial charge in [-0.05, 0) is 44.9 Å². The first kappa shape index (κ1) is 13.2. The minimum absolute atomic E-state index is 0.0838. The molecule has 0 spiro atoms. The first-order chi connectivity index (χ1) is 7.39. The van der Waals surface area contributed by atoms with E-state index in [0.29, 0.717) is 6.54 Å². The molecule has 0 atom stereocenters. The van der Waals surface area contributed by atoms with Gasteiger partial charge in [0, 0.05) is 10.6 Å². The van der Waals surface area contributed by atoms with Crippen molar-refractivity contribution < 1.29 is 4.79 Å². The summed E-state index contributed by atoms with van der Waals surface area (Å²) in [6.07, 6.45) is 0.872. The van der Waals surface area contributed by atoms with E-state index in [1.54, 1.807) is 6.92 Å². The van der Waals surface area contributed by atoms with E-state index in [0.717, 1.165) is 11.4 Å². The van der Waals surface area contributed by atoms with Gasteiger partial charge in [-0.1, -0.05) is 23.7 Å². The second kappa shape index (κ2) is 5.46. The van der Waals surface area contributed by atoms with Crippen molar-refractivity contribution in [3.8, 4) is 0 Å². The molecule has 1 aromatic carbocycles. The van der Waals surface area contributed by atoms with Crippen molar-refractivity contribution in [2.24, 2.45) is 0 Å². The number of carbonyl (C=O) groups excluding carboxylic acids is 1. The number of nitrogens with one attached hydrogen (secondary N) is 1. The number of Topliss-reactive ketones (excluding diaryl/α,β-unsaturated/α-hetero) is 1. The first-order valence-electron chi connectivity index (χ1n) is 5.38. The first-order valence-corrected chi connectivity index (χ1v) is 5.76. The monoisotopic (exact) mass is 239 g/mol. The van der Waals surface area contributed by atoms with Crippen LogP contribution in [0.1, 0.15) is 26.3 Å². The number of rotatable bonds is 5. The van der Waals surface area contributed by atoms with Crippen LogP contribution in [0.3, 0.4) is 0 Å². The molecule has 0 heterocycles. The molecular weight excluding hydrogens is 222 g/mol. The molecule has 1 N–H and O–H groups in total. The van der Waals surface area contributed by atoms with Gasteiger partial charge >= 0.3 is 0 Å². The zero-order chi connectivity index (χ0) is 12.2. The van der Waals surface area contributed by atoms with Gasteiger partial charge in [0.2, 0.25) is 0 Å². The Balaban J connectivity index is 2.57. The normalized spacial score (nSPS) is 11.5. The van der Waals surface area contributed by atoms with Gasteiger partial charge in [0.25, 0.3) is 0 Å². The van der Waals surface area contributed by atoms with Gasteiger partial charge in [-0.2, -0.15) is 0 Å². The van der Waals surface area contributed by atoms with Gasteiger partial charge in [0.15, 0.2) is 0 Å². The minimum atomic E-state index is -0.0838. The Morgan fingerprint density at radius 1 is 1.31 bits per heavy atom.